The summed E-state index contributed by atoms with van der Waals surface area (Å²) in [6.07, 6.45) is -4.82. The van der Waals surface area contributed by atoms with Crippen LogP contribution in [-0.2, 0) is 4.74 Å². The third-order valence-electron chi connectivity index (χ3n) is 3.86. The molecule has 1 fully saturated rings. The van der Waals surface area contributed by atoms with Crippen LogP contribution in [0.25, 0.3) is 0 Å². The van der Waals surface area contributed by atoms with Crippen molar-refractivity contribution in [1.82, 2.24) is 4.90 Å². The minimum atomic E-state index is -4.64. The number of piperidine rings is 1. The standard InChI is InChI=1S/C14H15F4NO3/c1-22-13(14(16,17)18)6-3-7-19(8-13)12(21)9-4-2-5-10(20)11(9)15/h2,4-5,20H,3,6-8H2,1H3. The topological polar surface area (TPSA) is 49.8 Å². The van der Waals surface area contributed by atoms with Crippen molar-refractivity contribution in [1.29, 1.82) is 0 Å². The molecule has 2 rings (SSSR count). The highest BCUT2D eigenvalue weighted by molar-refractivity contribution is 5.95. The quantitative estimate of drug-likeness (QED) is 0.852. The molecule has 22 heavy (non-hydrogen) atoms. The Kier molecular flexibility index (Phi) is 4.32. The summed E-state index contributed by atoms with van der Waals surface area (Å²) in [5, 5.41) is 9.28. The molecule has 0 aliphatic carbocycles. The summed E-state index contributed by atoms with van der Waals surface area (Å²) in [5.74, 6) is -2.77. The van der Waals surface area contributed by atoms with Gasteiger partial charge in [0.15, 0.2) is 17.2 Å². The molecule has 1 aliphatic heterocycles. The Morgan fingerprint density at radius 1 is 1.41 bits per heavy atom. The fourth-order valence-corrected chi connectivity index (χ4v) is 2.56. The predicted molar refractivity (Wildman–Crippen MR) is 69.0 cm³/mol. The number of phenols is 1. The molecule has 4 nitrogen and oxygen atoms in total. The van der Waals surface area contributed by atoms with Gasteiger partial charge >= 0.3 is 6.18 Å². The molecular formula is C14H15F4NO3. The number of likely N-dealkylation sites (tertiary alicyclic amines) is 1. The average Bonchev–Trinajstić information content (AvgIpc) is 2.48. The van der Waals surface area contributed by atoms with Crippen LogP contribution in [0.4, 0.5) is 17.6 Å². The van der Waals surface area contributed by atoms with E-state index >= 15 is 0 Å². The number of aromatic hydroxyl groups is 1. The lowest BCUT2D eigenvalue weighted by Gasteiger charge is -2.42. The summed E-state index contributed by atoms with van der Waals surface area (Å²) >= 11 is 0. The van der Waals surface area contributed by atoms with E-state index in [1.54, 1.807) is 0 Å². The maximum Gasteiger partial charge on any atom is 0.419 e. The molecule has 0 saturated carbocycles. The Labute approximate surface area is 124 Å². The minimum Gasteiger partial charge on any atom is -0.505 e. The van der Waals surface area contributed by atoms with Crippen molar-refractivity contribution in [3.05, 3.63) is 29.6 Å². The monoisotopic (exact) mass is 321 g/mol. The number of amides is 1. The molecule has 1 amide bonds. The lowest BCUT2D eigenvalue weighted by molar-refractivity contribution is -0.280. The third-order valence-corrected chi connectivity index (χ3v) is 3.86. The number of nitrogens with zero attached hydrogens (tertiary/aromatic N) is 1. The van der Waals surface area contributed by atoms with Crippen LogP contribution in [-0.4, -0.2) is 47.9 Å². The van der Waals surface area contributed by atoms with E-state index in [1.807, 2.05) is 0 Å². The first-order valence-corrected chi connectivity index (χ1v) is 6.60. The first kappa shape index (κ1) is 16.5. The third kappa shape index (κ3) is 2.75. The lowest BCUT2D eigenvalue weighted by atomic mass is 9.91. The van der Waals surface area contributed by atoms with E-state index in [9.17, 15) is 27.5 Å². The van der Waals surface area contributed by atoms with E-state index in [2.05, 4.69) is 4.74 Å². The molecule has 0 bridgehead atoms. The first-order valence-electron chi connectivity index (χ1n) is 6.60. The highest BCUT2D eigenvalue weighted by Crippen LogP contribution is 2.40. The molecule has 8 heteroatoms. The minimum absolute atomic E-state index is 0.0646. The molecule has 0 spiro atoms. The van der Waals surface area contributed by atoms with Crippen LogP contribution in [0.1, 0.15) is 23.2 Å². The number of hydrogen-bond donors (Lipinski definition) is 1. The normalized spacial score (nSPS) is 22.7. The van der Waals surface area contributed by atoms with Crippen molar-refractivity contribution in [3.8, 4) is 5.75 Å². The molecule has 1 unspecified atom stereocenters. The van der Waals surface area contributed by atoms with Gasteiger partial charge in [-0.1, -0.05) is 6.07 Å². The van der Waals surface area contributed by atoms with Gasteiger partial charge in [-0.15, -0.1) is 0 Å². The van der Waals surface area contributed by atoms with Crippen LogP contribution in [0.3, 0.4) is 0 Å². The van der Waals surface area contributed by atoms with Crippen molar-refractivity contribution in [2.75, 3.05) is 20.2 Å². The van der Waals surface area contributed by atoms with Gasteiger partial charge in [-0.3, -0.25) is 4.79 Å². The smallest absolute Gasteiger partial charge is 0.419 e. The first-order chi connectivity index (χ1) is 10.2. The summed E-state index contributed by atoms with van der Waals surface area (Å²) in [6.45, 7) is -0.643. The second kappa shape index (κ2) is 5.75. The fourth-order valence-electron chi connectivity index (χ4n) is 2.56. The van der Waals surface area contributed by atoms with Gasteiger partial charge in [0, 0.05) is 13.7 Å². The molecule has 1 atom stereocenters. The van der Waals surface area contributed by atoms with E-state index in [-0.39, 0.29) is 19.4 Å². The molecule has 1 aliphatic rings. The van der Waals surface area contributed by atoms with E-state index in [0.29, 0.717) is 0 Å². The zero-order valence-electron chi connectivity index (χ0n) is 11.8. The number of benzene rings is 1. The van der Waals surface area contributed by atoms with Gasteiger partial charge in [-0.2, -0.15) is 13.2 Å². The maximum atomic E-state index is 13.8. The molecule has 1 heterocycles. The number of halogens is 4. The molecule has 1 aromatic rings. The number of hydrogen-bond acceptors (Lipinski definition) is 3. The van der Waals surface area contributed by atoms with Gasteiger partial charge in [0.05, 0.1) is 12.1 Å². The van der Waals surface area contributed by atoms with Crippen molar-refractivity contribution in [2.24, 2.45) is 0 Å². The predicted octanol–water partition coefficient (Wildman–Crippen LogP) is 2.71. The van der Waals surface area contributed by atoms with E-state index in [0.717, 1.165) is 24.1 Å². The molecule has 1 N–H and O–H groups in total. The second-order valence-electron chi connectivity index (χ2n) is 5.17. The summed E-state index contributed by atoms with van der Waals surface area (Å²) in [5.41, 5.74) is -2.91. The van der Waals surface area contributed by atoms with Gasteiger partial charge in [-0.05, 0) is 25.0 Å². The Bertz CT molecular complexity index is 576. The van der Waals surface area contributed by atoms with Crippen molar-refractivity contribution < 1.29 is 32.2 Å². The van der Waals surface area contributed by atoms with E-state index < -0.39 is 41.4 Å². The number of carbonyl (C=O) groups is 1. The average molecular weight is 321 g/mol. The van der Waals surface area contributed by atoms with Crippen LogP contribution in [0.15, 0.2) is 18.2 Å². The number of phenolic OH excluding ortho intramolecular Hbond substituents is 1. The van der Waals surface area contributed by atoms with Crippen molar-refractivity contribution >= 4 is 5.91 Å². The van der Waals surface area contributed by atoms with Crippen LogP contribution in [0.5, 0.6) is 5.75 Å². The van der Waals surface area contributed by atoms with Crippen LogP contribution in [0, 0.1) is 5.82 Å². The van der Waals surface area contributed by atoms with Gasteiger partial charge in [0.25, 0.3) is 5.91 Å². The molecule has 1 aromatic carbocycles. The summed E-state index contributed by atoms with van der Waals surface area (Å²) in [6, 6.07) is 3.43. The zero-order chi connectivity index (χ0) is 16.5. The van der Waals surface area contributed by atoms with E-state index in [1.165, 1.54) is 6.07 Å². The number of alkyl halides is 3. The molecule has 122 valence electrons. The fraction of sp³-hybridized carbons (Fsp3) is 0.500. The Morgan fingerprint density at radius 3 is 2.68 bits per heavy atom. The summed E-state index contributed by atoms with van der Waals surface area (Å²) in [4.78, 5) is 13.2. The van der Waals surface area contributed by atoms with Crippen LogP contribution >= 0.6 is 0 Å². The van der Waals surface area contributed by atoms with Crippen molar-refractivity contribution in [2.45, 2.75) is 24.6 Å². The van der Waals surface area contributed by atoms with E-state index in [4.69, 9.17) is 0 Å². The zero-order valence-corrected chi connectivity index (χ0v) is 11.8. The Balaban J connectivity index is 2.29. The second-order valence-corrected chi connectivity index (χ2v) is 5.17. The van der Waals surface area contributed by atoms with Gasteiger partial charge in [-0.25, -0.2) is 4.39 Å². The lowest BCUT2D eigenvalue weighted by Crippen LogP contribution is -2.59. The van der Waals surface area contributed by atoms with Gasteiger partial charge in [0.1, 0.15) is 0 Å². The molecular weight excluding hydrogens is 306 g/mol. The maximum absolute atomic E-state index is 13.8. The number of methoxy groups -OCH3 is 1. The largest absolute Gasteiger partial charge is 0.505 e. The molecule has 0 radical (unpaired) electrons. The summed E-state index contributed by atoms with van der Waals surface area (Å²) < 4.78 is 58.0. The summed E-state index contributed by atoms with van der Waals surface area (Å²) in [7, 11) is 0.941. The molecule has 1 saturated heterocycles. The van der Waals surface area contributed by atoms with Crippen LogP contribution < -0.4 is 0 Å². The highest BCUT2D eigenvalue weighted by Gasteiger charge is 2.57. The number of carbonyl (C=O) groups excluding carboxylic acids is 1. The highest BCUT2D eigenvalue weighted by atomic mass is 19.4. The van der Waals surface area contributed by atoms with Gasteiger partial charge in [0.2, 0.25) is 0 Å². The SMILES string of the molecule is COC1(C(F)(F)F)CCCN(C(=O)c2cccc(O)c2F)C1. The number of rotatable bonds is 2. The Morgan fingerprint density at radius 2 is 2.09 bits per heavy atom. The molecule has 0 aromatic heterocycles. The van der Waals surface area contributed by atoms with Crippen molar-refractivity contribution in [3.63, 3.8) is 0 Å². The Hall–Kier alpha value is -1.83. The number of ether oxygens (including phenoxy) is 1. The van der Waals surface area contributed by atoms with Crippen LogP contribution in [0.2, 0.25) is 0 Å². The van der Waals surface area contributed by atoms with Gasteiger partial charge < -0.3 is 14.7 Å².